The van der Waals surface area contributed by atoms with Crippen LogP contribution in [-0.2, 0) is 29.4 Å². The Morgan fingerprint density at radius 3 is 1.50 bits per heavy atom. The average Bonchev–Trinajstić information content (AvgIpc) is 2.87. The first-order chi connectivity index (χ1) is 16.9. The van der Waals surface area contributed by atoms with Gasteiger partial charge in [-0.25, -0.2) is 0 Å². The van der Waals surface area contributed by atoms with Crippen molar-refractivity contribution in [2.75, 3.05) is 78.4 Å². The summed E-state index contributed by atoms with van der Waals surface area (Å²) in [4.78, 5) is 0. The minimum atomic E-state index is 0.0383. The fourth-order valence-corrected chi connectivity index (χ4v) is 4.50. The zero-order valence-electron chi connectivity index (χ0n) is 19.8. The second kappa shape index (κ2) is 16.8. The number of aliphatic hydroxyl groups excluding tert-OH is 1. The molecule has 0 bridgehead atoms. The summed E-state index contributed by atoms with van der Waals surface area (Å²) in [5.41, 5.74) is 1.41. The number of thioether (sulfide) groups is 1. The SMILES string of the molecule is OCCOCCOCCOCCOCCOCCSCc1c2ccccc2cc2ccccc12. The lowest BCUT2D eigenvalue weighted by molar-refractivity contribution is -0.0124. The van der Waals surface area contributed by atoms with Crippen LogP contribution in [0.3, 0.4) is 0 Å². The number of ether oxygens (including phenoxy) is 5. The van der Waals surface area contributed by atoms with Gasteiger partial charge in [0.1, 0.15) is 0 Å². The standard InChI is InChI=1S/C27H36O6S/c28-9-10-29-11-12-30-13-14-31-15-16-32-17-18-33-19-20-34-22-27-25-7-3-1-5-23(25)21-24-6-2-4-8-26(24)27/h1-8,21,28H,9-20,22H2. The van der Waals surface area contributed by atoms with Gasteiger partial charge in [-0.05, 0) is 33.2 Å². The molecule has 3 rings (SSSR count). The molecule has 0 saturated heterocycles. The second-order valence-corrected chi connectivity index (χ2v) is 8.74. The molecule has 0 atom stereocenters. The van der Waals surface area contributed by atoms with Crippen molar-refractivity contribution in [3.05, 3.63) is 60.2 Å². The smallest absolute Gasteiger partial charge is 0.0701 e. The summed E-state index contributed by atoms with van der Waals surface area (Å²) in [5, 5.41) is 13.9. The van der Waals surface area contributed by atoms with Gasteiger partial charge >= 0.3 is 0 Å². The van der Waals surface area contributed by atoms with Crippen molar-refractivity contribution in [2.24, 2.45) is 0 Å². The van der Waals surface area contributed by atoms with E-state index >= 15 is 0 Å². The van der Waals surface area contributed by atoms with Crippen molar-refractivity contribution in [2.45, 2.75) is 5.75 Å². The zero-order chi connectivity index (χ0) is 23.7. The van der Waals surface area contributed by atoms with Gasteiger partial charge < -0.3 is 28.8 Å². The van der Waals surface area contributed by atoms with Crippen LogP contribution in [0.2, 0.25) is 0 Å². The van der Waals surface area contributed by atoms with Crippen molar-refractivity contribution in [1.82, 2.24) is 0 Å². The first kappa shape index (κ1) is 26.9. The van der Waals surface area contributed by atoms with Crippen LogP contribution in [0.1, 0.15) is 5.56 Å². The number of aliphatic hydroxyl groups is 1. The quantitative estimate of drug-likeness (QED) is 0.199. The predicted octanol–water partition coefficient (Wildman–Crippen LogP) is 4.30. The molecule has 3 aromatic carbocycles. The Hall–Kier alpha value is -1.71. The van der Waals surface area contributed by atoms with E-state index in [1.165, 1.54) is 27.1 Å². The summed E-state index contributed by atoms with van der Waals surface area (Å²) >= 11 is 1.91. The maximum atomic E-state index is 8.58. The van der Waals surface area contributed by atoms with E-state index in [-0.39, 0.29) is 6.61 Å². The molecule has 1 N–H and O–H groups in total. The number of hydrogen-bond donors (Lipinski definition) is 1. The molecule has 0 saturated carbocycles. The van der Waals surface area contributed by atoms with Gasteiger partial charge in [0.05, 0.1) is 72.7 Å². The zero-order valence-corrected chi connectivity index (χ0v) is 20.6. The van der Waals surface area contributed by atoms with E-state index in [2.05, 4.69) is 54.6 Å². The molecule has 0 spiro atoms. The molecule has 0 aromatic heterocycles. The first-order valence-electron chi connectivity index (χ1n) is 11.9. The van der Waals surface area contributed by atoms with E-state index < -0.39 is 0 Å². The van der Waals surface area contributed by atoms with Crippen LogP contribution in [0.4, 0.5) is 0 Å². The molecule has 0 aliphatic heterocycles. The van der Waals surface area contributed by atoms with E-state index in [1.807, 2.05) is 11.8 Å². The molecule has 3 aromatic rings. The predicted molar refractivity (Wildman–Crippen MR) is 139 cm³/mol. The molecule has 0 aliphatic carbocycles. The highest BCUT2D eigenvalue weighted by Crippen LogP contribution is 2.31. The largest absolute Gasteiger partial charge is 0.394 e. The van der Waals surface area contributed by atoms with Crippen molar-refractivity contribution >= 4 is 33.3 Å². The lowest BCUT2D eigenvalue weighted by Gasteiger charge is -2.12. The minimum Gasteiger partial charge on any atom is -0.394 e. The van der Waals surface area contributed by atoms with Gasteiger partial charge in [0.15, 0.2) is 0 Å². The second-order valence-electron chi connectivity index (χ2n) is 7.64. The van der Waals surface area contributed by atoms with Crippen LogP contribution < -0.4 is 0 Å². The van der Waals surface area contributed by atoms with Crippen LogP contribution in [0.5, 0.6) is 0 Å². The van der Waals surface area contributed by atoms with Crippen LogP contribution in [0.15, 0.2) is 54.6 Å². The molecule has 34 heavy (non-hydrogen) atoms. The molecule has 0 aliphatic rings. The summed E-state index contributed by atoms with van der Waals surface area (Å²) in [6, 6.07) is 19.5. The summed E-state index contributed by atoms with van der Waals surface area (Å²) < 4.78 is 27.1. The fraction of sp³-hybridized carbons (Fsp3) is 0.481. The molecule has 186 valence electrons. The Morgan fingerprint density at radius 2 is 1.00 bits per heavy atom. The molecule has 0 radical (unpaired) electrons. The number of fused-ring (bicyclic) bond motifs is 2. The van der Waals surface area contributed by atoms with Gasteiger partial charge in [-0.1, -0.05) is 48.5 Å². The van der Waals surface area contributed by atoms with Gasteiger partial charge in [-0.15, -0.1) is 0 Å². The van der Waals surface area contributed by atoms with Gasteiger partial charge in [0.25, 0.3) is 0 Å². The third-order valence-electron chi connectivity index (χ3n) is 5.22. The average molecular weight is 489 g/mol. The Kier molecular flexibility index (Phi) is 13.3. The van der Waals surface area contributed by atoms with Crippen molar-refractivity contribution < 1.29 is 28.8 Å². The Labute approximate surface area is 206 Å². The minimum absolute atomic E-state index is 0.0383. The van der Waals surface area contributed by atoms with Crippen molar-refractivity contribution in [1.29, 1.82) is 0 Å². The highest BCUT2D eigenvalue weighted by atomic mass is 32.2. The van der Waals surface area contributed by atoms with E-state index in [0.717, 1.165) is 11.5 Å². The summed E-state index contributed by atoms with van der Waals surface area (Å²) in [6.45, 7) is 5.41. The molecule has 0 amide bonds. The molecule has 0 fully saturated rings. The first-order valence-corrected chi connectivity index (χ1v) is 13.0. The van der Waals surface area contributed by atoms with E-state index in [0.29, 0.717) is 66.1 Å². The lowest BCUT2D eigenvalue weighted by atomic mass is 9.98. The third kappa shape index (κ3) is 9.50. The van der Waals surface area contributed by atoms with Crippen LogP contribution in [0, 0.1) is 0 Å². The molecule has 0 unspecified atom stereocenters. The maximum Gasteiger partial charge on any atom is 0.0701 e. The summed E-state index contributed by atoms with van der Waals surface area (Å²) in [5.74, 6) is 1.92. The summed E-state index contributed by atoms with van der Waals surface area (Å²) in [6.07, 6.45) is 0. The van der Waals surface area contributed by atoms with Gasteiger partial charge in [0, 0.05) is 11.5 Å². The molecular formula is C27H36O6S. The van der Waals surface area contributed by atoms with E-state index in [4.69, 9.17) is 28.8 Å². The van der Waals surface area contributed by atoms with Crippen LogP contribution in [-0.4, -0.2) is 83.5 Å². The number of rotatable bonds is 19. The monoisotopic (exact) mass is 488 g/mol. The topological polar surface area (TPSA) is 66.4 Å². The molecule has 7 heteroatoms. The normalized spacial score (nSPS) is 11.6. The highest BCUT2D eigenvalue weighted by Gasteiger charge is 2.07. The van der Waals surface area contributed by atoms with Gasteiger partial charge in [-0.3, -0.25) is 0 Å². The maximum absolute atomic E-state index is 8.58. The molecule has 0 heterocycles. The van der Waals surface area contributed by atoms with E-state index in [1.54, 1.807) is 0 Å². The molecule has 6 nitrogen and oxygen atoms in total. The molecular weight excluding hydrogens is 452 g/mol. The Morgan fingerprint density at radius 1 is 0.559 bits per heavy atom. The van der Waals surface area contributed by atoms with Crippen molar-refractivity contribution in [3.63, 3.8) is 0 Å². The fourth-order valence-electron chi connectivity index (χ4n) is 3.60. The van der Waals surface area contributed by atoms with Gasteiger partial charge in [0.2, 0.25) is 0 Å². The van der Waals surface area contributed by atoms with Crippen molar-refractivity contribution in [3.8, 4) is 0 Å². The van der Waals surface area contributed by atoms with Gasteiger partial charge in [-0.2, -0.15) is 11.8 Å². The Bertz CT molecular complexity index is 897. The van der Waals surface area contributed by atoms with Crippen LogP contribution >= 0.6 is 11.8 Å². The lowest BCUT2D eigenvalue weighted by Crippen LogP contribution is -2.13. The van der Waals surface area contributed by atoms with E-state index in [9.17, 15) is 0 Å². The highest BCUT2D eigenvalue weighted by molar-refractivity contribution is 7.98. The number of benzene rings is 3. The summed E-state index contributed by atoms with van der Waals surface area (Å²) in [7, 11) is 0. The number of hydrogen-bond acceptors (Lipinski definition) is 7. The third-order valence-corrected chi connectivity index (χ3v) is 6.17. The Balaban J connectivity index is 1.19. The van der Waals surface area contributed by atoms with Crippen LogP contribution in [0.25, 0.3) is 21.5 Å².